The van der Waals surface area contributed by atoms with Crippen molar-refractivity contribution in [3.63, 3.8) is 0 Å². The van der Waals surface area contributed by atoms with Crippen LogP contribution in [-0.4, -0.2) is 34.5 Å². The van der Waals surface area contributed by atoms with Gasteiger partial charge in [-0.3, -0.25) is 4.79 Å². The monoisotopic (exact) mass is 328 g/mol. The fourth-order valence-electron chi connectivity index (χ4n) is 1.88. The Morgan fingerprint density at radius 3 is 2.62 bits per heavy atom. The summed E-state index contributed by atoms with van der Waals surface area (Å²) in [6.45, 7) is 6.11. The topological polar surface area (TPSA) is 55.6 Å². The first-order valence-electron chi connectivity index (χ1n) is 6.82. The van der Waals surface area contributed by atoms with E-state index >= 15 is 0 Å². The zero-order chi connectivity index (χ0) is 16.0. The molecule has 6 heteroatoms. The average Bonchev–Trinajstić information content (AvgIpc) is 2.37. The Kier molecular flexibility index (Phi) is 6.92. The van der Waals surface area contributed by atoms with Crippen molar-refractivity contribution in [3.8, 4) is 5.75 Å². The van der Waals surface area contributed by atoms with Gasteiger partial charge in [0.1, 0.15) is 5.75 Å². The first-order chi connectivity index (χ1) is 9.81. The van der Waals surface area contributed by atoms with Crippen molar-refractivity contribution >= 4 is 34.7 Å². The Morgan fingerprint density at radius 1 is 1.43 bits per heavy atom. The van der Waals surface area contributed by atoms with Gasteiger partial charge in [0.2, 0.25) is 0 Å². The Hall–Kier alpha value is -1.33. The highest BCUT2D eigenvalue weighted by Gasteiger charge is 2.24. The normalized spacial score (nSPS) is 12.0. The maximum Gasteiger partial charge on any atom is 0.263 e. The lowest BCUT2D eigenvalue weighted by atomic mass is 10.2. The van der Waals surface area contributed by atoms with Gasteiger partial charge >= 0.3 is 0 Å². The minimum atomic E-state index is -0.600. The van der Waals surface area contributed by atoms with Gasteiger partial charge in [0, 0.05) is 24.0 Å². The number of halogens is 1. The van der Waals surface area contributed by atoms with Crippen LogP contribution >= 0.6 is 23.8 Å². The molecular formula is C15H21ClN2O2S. The van der Waals surface area contributed by atoms with Gasteiger partial charge in [-0.15, -0.1) is 0 Å². The van der Waals surface area contributed by atoms with Crippen molar-refractivity contribution in [2.45, 2.75) is 39.3 Å². The van der Waals surface area contributed by atoms with E-state index in [4.69, 9.17) is 34.3 Å². The van der Waals surface area contributed by atoms with Crippen LogP contribution in [0, 0.1) is 0 Å². The van der Waals surface area contributed by atoms with Gasteiger partial charge in [-0.1, -0.05) is 29.9 Å². The Bertz CT molecular complexity index is 508. The number of rotatable bonds is 7. The number of nitrogens with two attached hydrogens (primary N) is 1. The van der Waals surface area contributed by atoms with Crippen LogP contribution in [0.25, 0.3) is 0 Å². The molecular weight excluding hydrogens is 308 g/mol. The van der Waals surface area contributed by atoms with E-state index in [9.17, 15) is 4.79 Å². The second-order valence-electron chi connectivity index (χ2n) is 5.06. The lowest BCUT2D eigenvalue weighted by molar-refractivity contribution is -0.139. The number of hydrogen-bond donors (Lipinski definition) is 1. The van der Waals surface area contributed by atoms with Crippen LogP contribution in [0.15, 0.2) is 24.3 Å². The number of amides is 1. The third kappa shape index (κ3) is 5.89. The van der Waals surface area contributed by atoms with E-state index in [0.29, 0.717) is 28.7 Å². The Labute approximate surface area is 136 Å². The van der Waals surface area contributed by atoms with E-state index in [1.54, 1.807) is 36.1 Å². The van der Waals surface area contributed by atoms with Crippen LogP contribution in [0.4, 0.5) is 0 Å². The molecule has 1 aromatic rings. The lowest BCUT2D eigenvalue weighted by Gasteiger charge is -2.29. The van der Waals surface area contributed by atoms with E-state index in [0.717, 1.165) is 0 Å². The standard InChI is InChI=1S/C15H21ClN2O2S/c1-10(2)18(8-7-14(17)21)15(19)11(3)20-13-6-4-5-12(16)9-13/h4-6,9-11H,7-8H2,1-3H3,(H2,17,21). The number of carbonyl (C=O) groups is 1. The summed E-state index contributed by atoms with van der Waals surface area (Å²) in [5.41, 5.74) is 5.50. The number of carbonyl (C=O) groups excluding carboxylic acids is 1. The van der Waals surface area contributed by atoms with Crippen molar-refractivity contribution < 1.29 is 9.53 Å². The van der Waals surface area contributed by atoms with Crippen molar-refractivity contribution in [1.29, 1.82) is 0 Å². The number of benzene rings is 1. The molecule has 1 aromatic carbocycles. The van der Waals surface area contributed by atoms with E-state index < -0.39 is 6.10 Å². The molecule has 0 spiro atoms. The molecule has 0 bridgehead atoms. The Balaban J connectivity index is 2.71. The van der Waals surface area contributed by atoms with E-state index in [1.807, 2.05) is 13.8 Å². The summed E-state index contributed by atoms with van der Waals surface area (Å²) in [6, 6.07) is 7.04. The SMILES string of the molecule is CC(Oc1cccc(Cl)c1)C(=O)N(CCC(N)=S)C(C)C. The van der Waals surface area contributed by atoms with Crippen LogP contribution in [0.1, 0.15) is 27.2 Å². The molecule has 0 saturated heterocycles. The third-order valence-corrected chi connectivity index (χ3v) is 3.40. The summed E-state index contributed by atoms with van der Waals surface area (Å²) in [5, 5.41) is 0.571. The van der Waals surface area contributed by atoms with Gasteiger partial charge in [0.25, 0.3) is 5.91 Å². The molecule has 0 heterocycles. The van der Waals surface area contributed by atoms with Gasteiger partial charge in [-0.2, -0.15) is 0 Å². The maximum atomic E-state index is 12.5. The van der Waals surface area contributed by atoms with Crippen LogP contribution in [0.3, 0.4) is 0 Å². The van der Waals surface area contributed by atoms with Crippen molar-refractivity contribution in [2.24, 2.45) is 5.73 Å². The highest BCUT2D eigenvalue weighted by molar-refractivity contribution is 7.80. The molecule has 0 radical (unpaired) electrons. The highest BCUT2D eigenvalue weighted by atomic mass is 35.5. The molecule has 1 amide bonds. The molecule has 0 aliphatic carbocycles. The molecule has 1 rings (SSSR count). The molecule has 1 unspecified atom stereocenters. The fraction of sp³-hybridized carbons (Fsp3) is 0.467. The number of nitrogens with zero attached hydrogens (tertiary/aromatic N) is 1. The van der Waals surface area contributed by atoms with E-state index in [-0.39, 0.29) is 11.9 Å². The van der Waals surface area contributed by atoms with E-state index in [1.165, 1.54) is 0 Å². The molecule has 0 aliphatic heterocycles. The molecule has 0 fully saturated rings. The summed E-state index contributed by atoms with van der Waals surface area (Å²) in [5.74, 6) is 0.475. The van der Waals surface area contributed by atoms with Gasteiger partial charge < -0.3 is 15.4 Å². The molecule has 0 aromatic heterocycles. The molecule has 0 saturated carbocycles. The second-order valence-corrected chi connectivity index (χ2v) is 6.02. The third-order valence-electron chi connectivity index (χ3n) is 2.96. The van der Waals surface area contributed by atoms with Crippen molar-refractivity contribution in [3.05, 3.63) is 29.3 Å². The average molecular weight is 329 g/mol. The van der Waals surface area contributed by atoms with Gasteiger partial charge in [0.15, 0.2) is 6.10 Å². The predicted molar refractivity (Wildman–Crippen MR) is 89.8 cm³/mol. The Morgan fingerprint density at radius 2 is 2.10 bits per heavy atom. The van der Waals surface area contributed by atoms with Gasteiger partial charge in [0.05, 0.1) is 4.99 Å². The number of thiocarbonyl (C=S) groups is 1. The van der Waals surface area contributed by atoms with Crippen LogP contribution < -0.4 is 10.5 Å². The first-order valence-corrected chi connectivity index (χ1v) is 7.61. The smallest absolute Gasteiger partial charge is 0.263 e. The van der Waals surface area contributed by atoms with Crippen molar-refractivity contribution in [2.75, 3.05) is 6.54 Å². The minimum Gasteiger partial charge on any atom is -0.481 e. The maximum absolute atomic E-state index is 12.5. The van der Waals surface area contributed by atoms with Crippen LogP contribution in [-0.2, 0) is 4.79 Å². The molecule has 4 nitrogen and oxygen atoms in total. The molecule has 116 valence electrons. The van der Waals surface area contributed by atoms with E-state index in [2.05, 4.69) is 0 Å². The summed E-state index contributed by atoms with van der Waals surface area (Å²) in [7, 11) is 0. The largest absolute Gasteiger partial charge is 0.481 e. The van der Waals surface area contributed by atoms with Crippen molar-refractivity contribution in [1.82, 2.24) is 4.90 Å². The van der Waals surface area contributed by atoms with Crippen LogP contribution in [0.5, 0.6) is 5.75 Å². The fourth-order valence-corrected chi connectivity index (χ4v) is 2.15. The quantitative estimate of drug-likeness (QED) is 0.782. The lowest BCUT2D eigenvalue weighted by Crippen LogP contribution is -2.45. The summed E-state index contributed by atoms with van der Waals surface area (Å²) in [6.07, 6.45) is -0.0967. The van der Waals surface area contributed by atoms with Gasteiger partial charge in [-0.05, 0) is 39.0 Å². The number of hydrogen-bond acceptors (Lipinski definition) is 3. The zero-order valence-electron chi connectivity index (χ0n) is 12.5. The molecule has 2 N–H and O–H groups in total. The predicted octanol–water partition coefficient (Wildman–Crippen LogP) is 3.02. The number of ether oxygens (including phenoxy) is 1. The summed E-state index contributed by atoms with van der Waals surface area (Å²) in [4.78, 5) is 14.6. The molecule has 0 aliphatic rings. The highest BCUT2D eigenvalue weighted by Crippen LogP contribution is 2.19. The first kappa shape index (κ1) is 17.7. The minimum absolute atomic E-state index is 0.0530. The summed E-state index contributed by atoms with van der Waals surface area (Å²) < 4.78 is 5.66. The van der Waals surface area contributed by atoms with Crippen LogP contribution in [0.2, 0.25) is 5.02 Å². The second kappa shape index (κ2) is 8.20. The van der Waals surface area contributed by atoms with Gasteiger partial charge in [-0.25, -0.2) is 0 Å². The summed E-state index contributed by atoms with van der Waals surface area (Å²) >= 11 is 10.8. The zero-order valence-corrected chi connectivity index (χ0v) is 14.1. The molecule has 1 atom stereocenters. The molecule has 21 heavy (non-hydrogen) atoms.